The normalized spacial score (nSPS) is 30.7. The number of alkyl halides is 2. The summed E-state index contributed by atoms with van der Waals surface area (Å²) >= 11 is 0. The first-order chi connectivity index (χ1) is 5.47. The molecule has 2 unspecified atom stereocenters. The van der Waals surface area contributed by atoms with Crippen LogP contribution in [0.5, 0.6) is 0 Å². The first-order valence-electron chi connectivity index (χ1n) is 4.52. The zero-order valence-corrected chi connectivity index (χ0v) is 7.69. The highest BCUT2D eigenvalue weighted by Crippen LogP contribution is 2.32. The van der Waals surface area contributed by atoms with Gasteiger partial charge in [0, 0.05) is 6.42 Å². The van der Waals surface area contributed by atoms with Gasteiger partial charge in [-0.15, -0.1) is 0 Å². The van der Waals surface area contributed by atoms with Crippen LogP contribution >= 0.6 is 0 Å². The van der Waals surface area contributed by atoms with Crippen molar-refractivity contribution < 1.29 is 8.78 Å². The number of hydrogen-bond donors (Lipinski definition) is 0. The highest BCUT2D eigenvalue weighted by Gasteiger charge is 2.27. The Morgan fingerprint density at radius 2 is 2.17 bits per heavy atom. The SMILES string of the molecule is CC1C=CCC(CC(C)(F)F)C1. The second-order valence-electron chi connectivity index (χ2n) is 4.02. The van der Waals surface area contributed by atoms with Crippen LogP contribution in [0.3, 0.4) is 0 Å². The lowest BCUT2D eigenvalue weighted by Gasteiger charge is -2.24. The molecule has 0 aromatic heterocycles. The highest BCUT2D eigenvalue weighted by atomic mass is 19.3. The quantitative estimate of drug-likeness (QED) is 0.561. The van der Waals surface area contributed by atoms with Crippen LogP contribution in [0.4, 0.5) is 8.78 Å². The molecule has 0 saturated heterocycles. The van der Waals surface area contributed by atoms with Crippen molar-refractivity contribution in [3.05, 3.63) is 12.2 Å². The van der Waals surface area contributed by atoms with E-state index in [4.69, 9.17) is 0 Å². The number of hydrogen-bond acceptors (Lipinski definition) is 0. The summed E-state index contributed by atoms with van der Waals surface area (Å²) in [5.74, 6) is -1.83. The van der Waals surface area contributed by atoms with Crippen molar-refractivity contribution in [3.8, 4) is 0 Å². The third kappa shape index (κ3) is 3.33. The molecule has 0 spiro atoms. The molecule has 0 aromatic rings. The molecule has 0 N–H and O–H groups in total. The summed E-state index contributed by atoms with van der Waals surface area (Å²) in [5.41, 5.74) is 0. The van der Waals surface area contributed by atoms with Crippen molar-refractivity contribution in [3.63, 3.8) is 0 Å². The number of halogens is 2. The average Bonchev–Trinajstić information content (AvgIpc) is 1.82. The lowest BCUT2D eigenvalue weighted by atomic mass is 9.84. The first-order valence-corrected chi connectivity index (χ1v) is 4.52. The molecular weight excluding hydrogens is 158 g/mol. The fourth-order valence-corrected chi connectivity index (χ4v) is 1.88. The van der Waals surface area contributed by atoms with Gasteiger partial charge in [-0.1, -0.05) is 19.1 Å². The summed E-state index contributed by atoms with van der Waals surface area (Å²) in [6.45, 7) is 3.09. The molecule has 1 rings (SSSR count). The molecule has 0 aliphatic heterocycles. The molecule has 0 radical (unpaired) electrons. The summed E-state index contributed by atoms with van der Waals surface area (Å²) in [5, 5.41) is 0. The average molecular weight is 174 g/mol. The van der Waals surface area contributed by atoms with Crippen LogP contribution in [0.1, 0.15) is 33.1 Å². The van der Waals surface area contributed by atoms with E-state index in [-0.39, 0.29) is 12.3 Å². The summed E-state index contributed by atoms with van der Waals surface area (Å²) in [4.78, 5) is 0. The van der Waals surface area contributed by atoms with Crippen LogP contribution in [0, 0.1) is 11.8 Å². The second-order valence-corrected chi connectivity index (χ2v) is 4.02. The maximum Gasteiger partial charge on any atom is 0.245 e. The Labute approximate surface area is 72.7 Å². The minimum atomic E-state index is -2.49. The topological polar surface area (TPSA) is 0 Å². The number of rotatable bonds is 2. The van der Waals surface area contributed by atoms with E-state index in [1.807, 2.05) is 6.08 Å². The van der Waals surface area contributed by atoms with E-state index in [1.54, 1.807) is 0 Å². The van der Waals surface area contributed by atoms with Crippen LogP contribution in [0.25, 0.3) is 0 Å². The Balaban J connectivity index is 2.40. The van der Waals surface area contributed by atoms with Crippen molar-refractivity contribution >= 4 is 0 Å². The lowest BCUT2D eigenvalue weighted by molar-refractivity contribution is -0.00609. The first kappa shape index (κ1) is 9.69. The second kappa shape index (κ2) is 3.55. The monoisotopic (exact) mass is 174 g/mol. The minimum Gasteiger partial charge on any atom is -0.207 e. The largest absolute Gasteiger partial charge is 0.245 e. The summed E-state index contributed by atoms with van der Waals surface area (Å²) in [6, 6.07) is 0. The maximum absolute atomic E-state index is 12.6. The van der Waals surface area contributed by atoms with Crippen molar-refractivity contribution in [2.45, 2.75) is 39.0 Å². The summed E-state index contributed by atoms with van der Waals surface area (Å²) in [7, 11) is 0. The van der Waals surface area contributed by atoms with Gasteiger partial charge >= 0.3 is 0 Å². The van der Waals surface area contributed by atoms with E-state index in [9.17, 15) is 8.78 Å². The molecule has 70 valence electrons. The van der Waals surface area contributed by atoms with Gasteiger partial charge in [-0.25, -0.2) is 8.78 Å². The lowest BCUT2D eigenvalue weighted by Crippen LogP contribution is -2.19. The third-order valence-corrected chi connectivity index (χ3v) is 2.29. The van der Waals surface area contributed by atoms with Crippen molar-refractivity contribution in [2.75, 3.05) is 0 Å². The maximum atomic E-state index is 12.6. The van der Waals surface area contributed by atoms with Crippen molar-refractivity contribution in [2.24, 2.45) is 11.8 Å². The van der Waals surface area contributed by atoms with Crippen LogP contribution < -0.4 is 0 Å². The van der Waals surface area contributed by atoms with Crippen LogP contribution in [0.15, 0.2) is 12.2 Å². The Morgan fingerprint density at radius 3 is 2.67 bits per heavy atom. The van der Waals surface area contributed by atoms with Crippen molar-refractivity contribution in [1.29, 1.82) is 0 Å². The van der Waals surface area contributed by atoms with Crippen LogP contribution in [-0.4, -0.2) is 5.92 Å². The Hall–Kier alpha value is -0.400. The van der Waals surface area contributed by atoms with Gasteiger partial charge in [0.25, 0.3) is 0 Å². The fourth-order valence-electron chi connectivity index (χ4n) is 1.88. The van der Waals surface area contributed by atoms with E-state index < -0.39 is 5.92 Å². The molecule has 0 fully saturated rings. The van der Waals surface area contributed by atoms with Gasteiger partial charge in [0.2, 0.25) is 5.92 Å². The molecule has 1 aliphatic rings. The Bertz CT molecular complexity index is 167. The van der Waals surface area contributed by atoms with Crippen LogP contribution in [0.2, 0.25) is 0 Å². The van der Waals surface area contributed by atoms with Gasteiger partial charge in [0.15, 0.2) is 0 Å². The van der Waals surface area contributed by atoms with E-state index >= 15 is 0 Å². The minimum absolute atomic E-state index is 0.0433. The summed E-state index contributed by atoms with van der Waals surface area (Å²) < 4.78 is 25.2. The molecule has 0 aromatic carbocycles. The molecule has 0 amide bonds. The van der Waals surface area contributed by atoms with Gasteiger partial charge < -0.3 is 0 Å². The standard InChI is InChI=1S/C10H16F2/c1-8-4-3-5-9(6-8)7-10(2,11)12/h3-4,8-9H,5-7H2,1-2H3. The van der Waals surface area contributed by atoms with Gasteiger partial charge in [-0.05, 0) is 31.6 Å². The molecule has 2 atom stereocenters. The Kier molecular flexibility index (Phi) is 2.86. The molecule has 12 heavy (non-hydrogen) atoms. The molecule has 2 heteroatoms. The van der Waals surface area contributed by atoms with Crippen LogP contribution in [-0.2, 0) is 0 Å². The third-order valence-electron chi connectivity index (χ3n) is 2.29. The molecule has 0 bridgehead atoms. The van der Waals surface area contributed by atoms with E-state index in [0.29, 0.717) is 5.92 Å². The molecule has 0 heterocycles. The van der Waals surface area contributed by atoms with Gasteiger partial charge in [-0.3, -0.25) is 0 Å². The fraction of sp³-hybridized carbons (Fsp3) is 0.800. The van der Waals surface area contributed by atoms with Gasteiger partial charge in [-0.2, -0.15) is 0 Å². The zero-order valence-electron chi connectivity index (χ0n) is 7.69. The van der Waals surface area contributed by atoms with E-state index in [0.717, 1.165) is 19.8 Å². The molecule has 0 saturated carbocycles. The van der Waals surface area contributed by atoms with E-state index in [2.05, 4.69) is 13.0 Å². The zero-order chi connectivity index (χ0) is 9.19. The van der Waals surface area contributed by atoms with E-state index in [1.165, 1.54) is 0 Å². The molecular formula is C10H16F2. The highest BCUT2D eigenvalue weighted by molar-refractivity contribution is 4.95. The predicted molar refractivity (Wildman–Crippen MR) is 46.3 cm³/mol. The predicted octanol–water partition coefficient (Wildman–Crippen LogP) is 3.63. The molecule has 1 aliphatic carbocycles. The van der Waals surface area contributed by atoms with Crippen molar-refractivity contribution in [1.82, 2.24) is 0 Å². The molecule has 0 nitrogen and oxygen atoms in total. The summed E-state index contributed by atoms with van der Waals surface area (Å²) in [6.07, 6.45) is 5.93. The smallest absolute Gasteiger partial charge is 0.207 e. The number of allylic oxidation sites excluding steroid dienone is 2. The van der Waals surface area contributed by atoms with Gasteiger partial charge in [0.05, 0.1) is 0 Å². The Morgan fingerprint density at radius 1 is 1.50 bits per heavy atom. The van der Waals surface area contributed by atoms with Gasteiger partial charge in [0.1, 0.15) is 0 Å².